The number of ether oxygens (including phenoxy) is 1. The first-order chi connectivity index (χ1) is 15.1. The molecule has 0 fully saturated rings. The fraction of sp³-hybridized carbons (Fsp3) is 0.185. The molecule has 0 saturated heterocycles. The van der Waals surface area contributed by atoms with Gasteiger partial charge in [0.05, 0.1) is 10.9 Å². The molecule has 0 unspecified atom stereocenters. The third-order valence-corrected chi connectivity index (χ3v) is 5.54. The maximum Gasteiger partial charge on any atom is 0.343 e. The highest BCUT2D eigenvalue weighted by Crippen LogP contribution is 2.32. The summed E-state index contributed by atoms with van der Waals surface area (Å²) in [6.07, 6.45) is 0. The molecule has 5 heteroatoms. The minimum atomic E-state index is -0.625. The van der Waals surface area contributed by atoms with Crippen molar-refractivity contribution < 1.29 is 13.9 Å². The van der Waals surface area contributed by atoms with Gasteiger partial charge in [0, 0.05) is 10.6 Å². The van der Waals surface area contributed by atoms with Crippen molar-refractivity contribution in [3.05, 3.63) is 98.7 Å². The molecule has 0 spiro atoms. The molecule has 1 heterocycles. The molecule has 162 valence electrons. The van der Waals surface area contributed by atoms with E-state index < -0.39 is 11.4 Å². The molecule has 0 atom stereocenters. The highest BCUT2D eigenvalue weighted by Gasteiger charge is 2.22. The first-order valence-corrected chi connectivity index (χ1v) is 10.7. The van der Waals surface area contributed by atoms with Gasteiger partial charge in [0.2, 0.25) is 11.2 Å². The number of halogens is 1. The van der Waals surface area contributed by atoms with E-state index in [1.54, 1.807) is 48.5 Å². The molecular weight excluding hydrogens is 424 g/mol. The third kappa shape index (κ3) is 4.32. The smallest absolute Gasteiger partial charge is 0.343 e. The number of esters is 1. The standard InChI is InChI=1S/C27H23ClO4/c1-16-5-14-22-21(15-16)23(29)25(24(31-22)17-8-12-20(28)13-9-17)32-26(30)18-6-10-19(11-7-18)27(2,3)4/h5-15H,1-4H3. The zero-order valence-electron chi connectivity index (χ0n) is 18.4. The first kappa shape index (κ1) is 21.8. The van der Waals surface area contributed by atoms with Gasteiger partial charge in [-0.1, -0.05) is 56.1 Å². The number of benzene rings is 3. The van der Waals surface area contributed by atoms with Crippen LogP contribution in [0, 0.1) is 6.92 Å². The lowest BCUT2D eigenvalue weighted by molar-refractivity contribution is 0.0731. The van der Waals surface area contributed by atoms with E-state index in [9.17, 15) is 9.59 Å². The van der Waals surface area contributed by atoms with Crippen molar-refractivity contribution in [2.24, 2.45) is 0 Å². The highest BCUT2D eigenvalue weighted by atomic mass is 35.5. The van der Waals surface area contributed by atoms with Crippen LogP contribution in [0.25, 0.3) is 22.3 Å². The normalized spacial score (nSPS) is 11.5. The molecule has 1 aromatic heterocycles. The summed E-state index contributed by atoms with van der Waals surface area (Å²) in [5.41, 5.74) is 2.90. The summed E-state index contributed by atoms with van der Waals surface area (Å²) in [4.78, 5) is 26.3. The molecule has 0 aliphatic carbocycles. The van der Waals surface area contributed by atoms with Crippen LogP contribution < -0.4 is 10.2 Å². The number of hydrogen-bond acceptors (Lipinski definition) is 4. The van der Waals surface area contributed by atoms with Crippen LogP contribution in [0.5, 0.6) is 5.75 Å². The van der Waals surface area contributed by atoms with Gasteiger partial charge in [0.15, 0.2) is 5.76 Å². The van der Waals surface area contributed by atoms with Crippen LogP contribution >= 0.6 is 11.6 Å². The first-order valence-electron chi connectivity index (χ1n) is 10.3. The van der Waals surface area contributed by atoms with Crippen molar-refractivity contribution in [1.29, 1.82) is 0 Å². The molecule has 0 aliphatic heterocycles. The number of fused-ring (bicyclic) bond motifs is 1. The zero-order chi connectivity index (χ0) is 23.0. The fourth-order valence-corrected chi connectivity index (χ4v) is 3.56. The van der Waals surface area contributed by atoms with Crippen LogP contribution in [0.2, 0.25) is 5.02 Å². The molecule has 3 aromatic carbocycles. The van der Waals surface area contributed by atoms with Crippen molar-refractivity contribution in [3.63, 3.8) is 0 Å². The van der Waals surface area contributed by atoms with E-state index in [2.05, 4.69) is 20.8 Å². The average Bonchev–Trinajstić information content (AvgIpc) is 2.76. The Labute approximate surface area is 191 Å². The van der Waals surface area contributed by atoms with Crippen LogP contribution in [0.15, 0.2) is 75.9 Å². The SMILES string of the molecule is Cc1ccc2oc(-c3ccc(Cl)cc3)c(OC(=O)c3ccc(C(C)(C)C)cc3)c(=O)c2c1. The predicted octanol–water partition coefficient (Wildman–Crippen LogP) is 6.94. The number of carbonyl (C=O) groups is 1. The van der Waals surface area contributed by atoms with Crippen molar-refractivity contribution in [2.45, 2.75) is 33.1 Å². The van der Waals surface area contributed by atoms with E-state index in [0.29, 0.717) is 27.1 Å². The molecule has 0 aliphatic rings. The number of hydrogen-bond donors (Lipinski definition) is 0. The second-order valence-corrected chi connectivity index (χ2v) is 9.25. The minimum Gasteiger partial charge on any atom is -0.452 e. The van der Waals surface area contributed by atoms with Crippen LogP contribution in [0.4, 0.5) is 0 Å². The van der Waals surface area contributed by atoms with Crippen molar-refractivity contribution in [3.8, 4) is 17.1 Å². The van der Waals surface area contributed by atoms with Gasteiger partial charge in [0.25, 0.3) is 0 Å². The Hall–Kier alpha value is -3.37. The van der Waals surface area contributed by atoms with Gasteiger partial charge in [-0.3, -0.25) is 4.79 Å². The average molecular weight is 447 g/mol. The largest absolute Gasteiger partial charge is 0.452 e. The summed E-state index contributed by atoms with van der Waals surface area (Å²) in [5, 5.41) is 0.901. The fourth-order valence-electron chi connectivity index (χ4n) is 3.43. The summed E-state index contributed by atoms with van der Waals surface area (Å²) < 4.78 is 11.7. The molecule has 32 heavy (non-hydrogen) atoms. The molecule has 4 nitrogen and oxygen atoms in total. The summed E-state index contributed by atoms with van der Waals surface area (Å²) in [6.45, 7) is 8.18. The second kappa shape index (κ2) is 8.29. The topological polar surface area (TPSA) is 56.5 Å². The lowest BCUT2D eigenvalue weighted by Gasteiger charge is -2.19. The van der Waals surface area contributed by atoms with E-state index >= 15 is 0 Å². The van der Waals surface area contributed by atoms with Crippen LogP contribution in [0.3, 0.4) is 0 Å². The second-order valence-electron chi connectivity index (χ2n) is 8.81. The van der Waals surface area contributed by atoms with E-state index in [-0.39, 0.29) is 16.9 Å². The van der Waals surface area contributed by atoms with Gasteiger partial charge >= 0.3 is 5.97 Å². The summed E-state index contributed by atoms with van der Waals surface area (Å²) in [7, 11) is 0. The molecule has 0 bridgehead atoms. The molecule has 0 radical (unpaired) electrons. The van der Waals surface area contributed by atoms with Gasteiger partial charge in [-0.05, 0) is 66.4 Å². The van der Waals surface area contributed by atoms with E-state index in [0.717, 1.165) is 11.1 Å². The number of rotatable bonds is 3. The van der Waals surface area contributed by atoms with Crippen LogP contribution in [-0.2, 0) is 5.41 Å². The third-order valence-electron chi connectivity index (χ3n) is 5.29. The van der Waals surface area contributed by atoms with Crippen molar-refractivity contribution in [2.75, 3.05) is 0 Å². The van der Waals surface area contributed by atoms with Crippen molar-refractivity contribution in [1.82, 2.24) is 0 Å². The molecule has 0 amide bonds. The van der Waals surface area contributed by atoms with Gasteiger partial charge in [-0.15, -0.1) is 0 Å². The number of carbonyl (C=O) groups excluding carboxylic acids is 1. The van der Waals surface area contributed by atoms with Crippen LogP contribution in [-0.4, -0.2) is 5.97 Å². The van der Waals surface area contributed by atoms with Gasteiger partial charge in [-0.25, -0.2) is 4.79 Å². The lowest BCUT2D eigenvalue weighted by atomic mass is 9.87. The lowest BCUT2D eigenvalue weighted by Crippen LogP contribution is -2.17. The highest BCUT2D eigenvalue weighted by molar-refractivity contribution is 6.30. The van der Waals surface area contributed by atoms with E-state index in [4.69, 9.17) is 20.8 Å². The summed E-state index contributed by atoms with van der Waals surface area (Å²) in [6, 6.07) is 19.3. The van der Waals surface area contributed by atoms with E-state index in [1.807, 2.05) is 25.1 Å². The predicted molar refractivity (Wildman–Crippen MR) is 128 cm³/mol. The maximum absolute atomic E-state index is 13.3. The summed E-state index contributed by atoms with van der Waals surface area (Å²) >= 11 is 6.01. The Morgan fingerprint density at radius 1 is 0.938 bits per heavy atom. The molecule has 4 aromatic rings. The summed E-state index contributed by atoms with van der Waals surface area (Å²) in [5.74, 6) is -0.585. The Morgan fingerprint density at radius 2 is 1.59 bits per heavy atom. The quantitative estimate of drug-likeness (QED) is 0.320. The molecule has 4 rings (SSSR count). The monoisotopic (exact) mass is 446 g/mol. The zero-order valence-corrected chi connectivity index (χ0v) is 19.1. The Morgan fingerprint density at radius 3 is 2.22 bits per heavy atom. The van der Waals surface area contributed by atoms with Crippen LogP contribution in [0.1, 0.15) is 42.3 Å². The van der Waals surface area contributed by atoms with Crippen molar-refractivity contribution >= 4 is 28.5 Å². The van der Waals surface area contributed by atoms with Gasteiger partial charge in [0.1, 0.15) is 5.58 Å². The van der Waals surface area contributed by atoms with Gasteiger partial charge < -0.3 is 9.15 Å². The molecular formula is C27H23ClO4. The molecule has 0 saturated carbocycles. The minimum absolute atomic E-state index is 0.0402. The van der Waals surface area contributed by atoms with Gasteiger partial charge in [-0.2, -0.15) is 0 Å². The van der Waals surface area contributed by atoms with E-state index in [1.165, 1.54) is 0 Å². The maximum atomic E-state index is 13.3. The molecule has 0 N–H and O–H groups in total. The Balaban J connectivity index is 1.82. The Kier molecular flexibility index (Phi) is 5.66. The number of aryl methyl sites for hydroxylation is 1. The Bertz CT molecular complexity index is 1360.